The zero-order valence-electron chi connectivity index (χ0n) is 15.7. The Bertz CT molecular complexity index is 760. The summed E-state index contributed by atoms with van der Waals surface area (Å²) in [6, 6.07) is 9.93. The number of carboxylic acids is 1. The fourth-order valence-electron chi connectivity index (χ4n) is 4.25. The molecule has 1 aromatic carbocycles. The molecule has 0 bridgehead atoms. The summed E-state index contributed by atoms with van der Waals surface area (Å²) in [4.78, 5) is 29.5. The number of aliphatic carboxylic acids is 1. The first-order valence-electron chi connectivity index (χ1n) is 9.35. The molecule has 1 unspecified atom stereocenters. The van der Waals surface area contributed by atoms with Gasteiger partial charge in [-0.3, -0.25) is 19.4 Å². The quantitative estimate of drug-likeness (QED) is 0.855. The second-order valence-corrected chi connectivity index (χ2v) is 7.58. The highest BCUT2D eigenvalue weighted by molar-refractivity contribution is 5.81. The van der Waals surface area contributed by atoms with Crippen molar-refractivity contribution in [2.45, 2.75) is 31.3 Å². The van der Waals surface area contributed by atoms with E-state index < -0.39 is 5.97 Å². The number of nitriles is 1. The van der Waals surface area contributed by atoms with Gasteiger partial charge in [0.25, 0.3) is 0 Å². The number of likely N-dealkylation sites (N-methyl/N-ethyl adjacent to an activating group) is 1. The molecule has 1 spiro atoms. The fraction of sp³-hybridized carbons (Fsp3) is 0.550. The van der Waals surface area contributed by atoms with Gasteiger partial charge in [0, 0.05) is 44.7 Å². The van der Waals surface area contributed by atoms with Gasteiger partial charge in [-0.15, -0.1) is 0 Å². The van der Waals surface area contributed by atoms with Crippen molar-refractivity contribution < 1.29 is 14.7 Å². The predicted molar refractivity (Wildman–Crippen MR) is 99.9 cm³/mol. The minimum absolute atomic E-state index is 0.0744. The van der Waals surface area contributed by atoms with Gasteiger partial charge in [-0.1, -0.05) is 18.2 Å². The molecule has 1 atom stereocenters. The standard InChI is InChI=1S/C20H26N4O3/c1-22-10-11-23(13-17-5-3-2-4-16(17)12-21)15-20(22)7-6-18(25)24(9-8-20)14-19(26)27/h2-5H,6-11,13-15H2,1H3,(H,26,27). The molecule has 2 heterocycles. The topological polar surface area (TPSA) is 87.9 Å². The van der Waals surface area contributed by atoms with Crippen LogP contribution in [0.3, 0.4) is 0 Å². The van der Waals surface area contributed by atoms with Crippen LogP contribution in [0.5, 0.6) is 0 Å². The van der Waals surface area contributed by atoms with Gasteiger partial charge < -0.3 is 10.0 Å². The van der Waals surface area contributed by atoms with Crippen LogP contribution in [0, 0.1) is 11.3 Å². The second kappa shape index (κ2) is 8.07. The summed E-state index contributed by atoms with van der Waals surface area (Å²) in [6.45, 7) is 3.58. The van der Waals surface area contributed by atoms with E-state index in [2.05, 4.69) is 22.9 Å². The van der Waals surface area contributed by atoms with E-state index in [0.29, 0.717) is 25.1 Å². The van der Waals surface area contributed by atoms with Crippen molar-refractivity contribution >= 4 is 11.9 Å². The predicted octanol–water partition coefficient (Wildman–Crippen LogP) is 1.14. The highest BCUT2D eigenvalue weighted by Gasteiger charge is 2.42. The smallest absolute Gasteiger partial charge is 0.323 e. The summed E-state index contributed by atoms with van der Waals surface area (Å²) >= 11 is 0. The second-order valence-electron chi connectivity index (χ2n) is 7.58. The van der Waals surface area contributed by atoms with Gasteiger partial charge in [-0.25, -0.2) is 0 Å². The molecule has 1 amide bonds. The molecule has 0 aliphatic carbocycles. The van der Waals surface area contributed by atoms with E-state index in [0.717, 1.165) is 38.0 Å². The molecule has 3 rings (SSSR count). The first kappa shape index (κ1) is 19.3. The van der Waals surface area contributed by atoms with Crippen LogP contribution in [-0.4, -0.2) is 77.0 Å². The van der Waals surface area contributed by atoms with Crippen LogP contribution < -0.4 is 0 Å². The molecule has 1 aromatic rings. The maximum Gasteiger partial charge on any atom is 0.323 e. The Morgan fingerprint density at radius 1 is 1.26 bits per heavy atom. The van der Waals surface area contributed by atoms with Crippen molar-refractivity contribution in [2.75, 3.05) is 39.8 Å². The average molecular weight is 370 g/mol. The van der Waals surface area contributed by atoms with Crippen molar-refractivity contribution in [1.29, 1.82) is 5.26 Å². The number of carbonyl (C=O) groups is 2. The molecular formula is C20H26N4O3. The van der Waals surface area contributed by atoms with E-state index in [1.54, 1.807) is 0 Å². The number of likely N-dealkylation sites (tertiary alicyclic amines) is 1. The Labute approximate surface area is 159 Å². The van der Waals surface area contributed by atoms with Crippen LogP contribution in [0.25, 0.3) is 0 Å². The fourth-order valence-corrected chi connectivity index (χ4v) is 4.25. The molecule has 27 heavy (non-hydrogen) atoms. The number of hydrogen-bond donors (Lipinski definition) is 1. The number of carbonyl (C=O) groups excluding carboxylic acids is 1. The Balaban J connectivity index is 1.74. The lowest BCUT2D eigenvalue weighted by Gasteiger charge is -2.49. The minimum atomic E-state index is -0.967. The molecule has 2 saturated heterocycles. The first-order valence-corrected chi connectivity index (χ1v) is 9.35. The van der Waals surface area contributed by atoms with Crippen molar-refractivity contribution in [3.63, 3.8) is 0 Å². The summed E-state index contributed by atoms with van der Waals surface area (Å²) in [5, 5.41) is 18.4. The number of rotatable bonds is 4. The van der Waals surface area contributed by atoms with E-state index in [1.165, 1.54) is 4.90 Å². The van der Waals surface area contributed by atoms with Crippen LogP contribution in [0.4, 0.5) is 0 Å². The normalized spacial score (nSPS) is 24.6. The monoisotopic (exact) mass is 370 g/mol. The number of piperazine rings is 1. The molecule has 2 aliphatic heterocycles. The number of nitrogens with zero attached hydrogens (tertiary/aromatic N) is 4. The Hall–Kier alpha value is -2.43. The highest BCUT2D eigenvalue weighted by Crippen LogP contribution is 2.32. The van der Waals surface area contributed by atoms with Crippen LogP contribution in [0.1, 0.15) is 30.4 Å². The van der Waals surface area contributed by atoms with Crippen LogP contribution in [0.2, 0.25) is 0 Å². The number of carboxylic acid groups (broad SMARTS) is 1. The minimum Gasteiger partial charge on any atom is -0.480 e. The van der Waals surface area contributed by atoms with Gasteiger partial charge in [0.2, 0.25) is 5.91 Å². The summed E-state index contributed by atoms with van der Waals surface area (Å²) in [7, 11) is 2.10. The van der Waals surface area contributed by atoms with Crippen LogP contribution >= 0.6 is 0 Å². The Kier molecular flexibility index (Phi) is 5.78. The van der Waals surface area contributed by atoms with Gasteiger partial charge in [0.1, 0.15) is 6.54 Å². The van der Waals surface area contributed by atoms with Crippen molar-refractivity contribution in [2.24, 2.45) is 0 Å². The lowest BCUT2D eigenvalue weighted by molar-refractivity contribution is -0.144. The average Bonchev–Trinajstić information content (AvgIpc) is 2.80. The largest absolute Gasteiger partial charge is 0.480 e. The zero-order chi connectivity index (χ0) is 19.4. The van der Waals surface area contributed by atoms with Gasteiger partial charge in [0.05, 0.1) is 11.6 Å². The van der Waals surface area contributed by atoms with E-state index in [4.69, 9.17) is 5.11 Å². The van der Waals surface area contributed by atoms with E-state index in [-0.39, 0.29) is 18.0 Å². The number of hydrogen-bond acceptors (Lipinski definition) is 5. The summed E-state index contributed by atoms with van der Waals surface area (Å²) in [5.74, 6) is -1.04. The third-order valence-corrected chi connectivity index (χ3v) is 5.94. The number of benzene rings is 1. The Morgan fingerprint density at radius 3 is 2.78 bits per heavy atom. The van der Waals surface area contributed by atoms with Gasteiger partial charge in [-0.2, -0.15) is 5.26 Å². The van der Waals surface area contributed by atoms with E-state index in [1.807, 2.05) is 24.3 Å². The van der Waals surface area contributed by atoms with Gasteiger partial charge in [0.15, 0.2) is 0 Å². The summed E-state index contributed by atoms with van der Waals surface area (Å²) in [6.07, 6.45) is 1.87. The SMILES string of the molecule is CN1CCN(Cc2ccccc2C#N)CC12CCC(=O)N(CC(=O)O)CC2. The third kappa shape index (κ3) is 4.29. The molecule has 0 saturated carbocycles. The van der Waals surface area contributed by atoms with Crippen molar-refractivity contribution in [3.05, 3.63) is 35.4 Å². The molecule has 7 heteroatoms. The van der Waals surface area contributed by atoms with Crippen molar-refractivity contribution in [1.82, 2.24) is 14.7 Å². The number of amides is 1. The maximum absolute atomic E-state index is 12.3. The first-order chi connectivity index (χ1) is 12.9. The molecule has 1 N–H and O–H groups in total. The third-order valence-electron chi connectivity index (χ3n) is 5.94. The lowest BCUT2D eigenvalue weighted by Crippen LogP contribution is -2.60. The molecule has 2 aliphatic rings. The lowest BCUT2D eigenvalue weighted by atomic mass is 9.86. The summed E-state index contributed by atoms with van der Waals surface area (Å²) < 4.78 is 0. The van der Waals surface area contributed by atoms with Crippen LogP contribution in [0.15, 0.2) is 24.3 Å². The highest BCUT2D eigenvalue weighted by atomic mass is 16.4. The van der Waals surface area contributed by atoms with Crippen LogP contribution in [-0.2, 0) is 16.1 Å². The van der Waals surface area contributed by atoms with E-state index >= 15 is 0 Å². The molecule has 0 radical (unpaired) electrons. The molecule has 7 nitrogen and oxygen atoms in total. The molecule has 144 valence electrons. The van der Waals surface area contributed by atoms with E-state index in [9.17, 15) is 14.9 Å². The van der Waals surface area contributed by atoms with Crippen molar-refractivity contribution in [3.8, 4) is 6.07 Å². The zero-order valence-corrected chi connectivity index (χ0v) is 15.7. The molecule has 2 fully saturated rings. The molecule has 0 aromatic heterocycles. The molecular weight excluding hydrogens is 344 g/mol. The maximum atomic E-state index is 12.3. The van der Waals surface area contributed by atoms with Gasteiger partial charge in [-0.05, 0) is 31.5 Å². The summed E-state index contributed by atoms with van der Waals surface area (Å²) in [5.41, 5.74) is 1.59. The van der Waals surface area contributed by atoms with Gasteiger partial charge >= 0.3 is 5.97 Å². The Morgan fingerprint density at radius 2 is 2.04 bits per heavy atom.